The van der Waals surface area contributed by atoms with Crippen LogP contribution in [0, 0.1) is 0 Å². The topological polar surface area (TPSA) is 25.3 Å². The summed E-state index contributed by atoms with van der Waals surface area (Å²) in [6.07, 6.45) is 51.1. The van der Waals surface area contributed by atoms with E-state index in [0.717, 1.165) is 60.2 Å². The van der Waals surface area contributed by atoms with Gasteiger partial charge in [0.15, 0.2) is 0 Å². The third-order valence-corrected chi connectivity index (χ3v) is 14.5. The van der Waals surface area contributed by atoms with Crippen molar-refractivity contribution in [3.05, 3.63) is 99.1 Å². The molecule has 0 fully saturated rings. The predicted molar refractivity (Wildman–Crippen MR) is 283 cm³/mol. The van der Waals surface area contributed by atoms with Crippen LogP contribution in [0.25, 0.3) is 16.9 Å². The third-order valence-electron chi connectivity index (χ3n) is 12.8. The van der Waals surface area contributed by atoms with E-state index in [1.165, 1.54) is 219 Å². The van der Waals surface area contributed by atoms with Crippen molar-refractivity contribution in [1.82, 2.24) is 0 Å². The first-order chi connectivity index (χ1) is 31.5. The number of aryl methyl sites for hydroxylation is 4. The van der Waals surface area contributed by atoms with Crippen molar-refractivity contribution in [2.75, 3.05) is 0 Å². The van der Waals surface area contributed by atoms with Crippen molar-refractivity contribution in [2.24, 2.45) is 0 Å². The van der Waals surface area contributed by atoms with Gasteiger partial charge in [0.1, 0.15) is 0 Å². The van der Waals surface area contributed by atoms with E-state index in [1.807, 2.05) is 14.4 Å². The first-order valence-corrected chi connectivity index (χ1v) is 29.2. The average Bonchev–Trinajstić information content (AvgIpc) is 3.64. The van der Waals surface area contributed by atoms with Gasteiger partial charge in [0, 0.05) is 17.2 Å². The molecule has 2 nitrogen and oxygen atoms in total. The van der Waals surface area contributed by atoms with Crippen LogP contribution in [0.15, 0.2) is 60.2 Å². The van der Waals surface area contributed by atoms with Crippen LogP contribution in [-0.4, -0.2) is 4.70 Å². The van der Waals surface area contributed by atoms with Crippen molar-refractivity contribution in [2.45, 2.75) is 278 Å². The summed E-state index contributed by atoms with van der Waals surface area (Å²) in [6.45, 7) is 15.9. The van der Waals surface area contributed by atoms with Gasteiger partial charge in [-0.1, -0.05) is 200 Å². The molecule has 0 spiro atoms. The quantitative estimate of drug-likeness (QED) is 0.0363. The first kappa shape index (κ1) is 57.9. The summed E-state index contributed by atoms with van der Waals surface area (Å²) in [5, 5.41) is 2.72. The molecule has 366 valence electrons. The molecule has 3 heteroatoms. The minimum absolute atomic E-state index is 0.924. The van der Waals surface area contributed by atoms with E-state index in [2.05, 4.69) is 103 Å². The molecule has 1 aliphatic heterocycles. The molecule has 0 atom stereocenters. The minimum atomic E-state index is 0.924. The maximum absolute atomic E-state index is 12.3. The Balaban J connectivity index is 0.00000185. The zero-order valence-corrected chi connectivity index (χ0v) is 44.4. The molecule has 1 aliphatic rings. The van der Waals surface area contributed by atoms with Gasteiger partial charge < -0.3 is 5.53 Å². The molecule has 1 heterocycles. The van der Waals surface area contributed by atoms with E-state index in [9.17, 15) is 5.53 Å². The summed E-state index contributed by atoms with van der Waals surface area (Å²) in [7, 11) is 0. The third kappa shape index (κ3) is 26.2. The molecule has 0 saturated heterocycles. The second kappa shape index (κ2) is 39.9. The summed E-state index contributed by atoms with van der Waals surface area (Å²) in [5.74, 6) is 0. The van der Waals surface area contributed by atoms with E-state index in [0.29, 0.717) is 0 Å². The van der Waals surface area contributed by atoms with Crippen LogP contribution in [0.2, 0.25) is 10.8 Å². The number of allylic oxidation sites excluding steroid dienone is 4. The molecular weight excluding hydrogens is 819 g/mol. The van der Waals surface area contributed by atoms with Crippen LogP contribution < -0.4 is 0 Å². The Hall–Kier alpha value is -2.25. The number of unbranched alkanes of at least 4 members (excludes halogenated alkanes) is 23. The number of nitrogens with zero attached hydrogens (tertiary/aromatic N) is 2. The summed E-state index contributed by atoms with van der Waals surface area (Å²) in [5.41, 5.74) is 23.2. The number of rotatable bonds is 39. The zero-order chi connectivity index (χ0) is 46.3. The Kier molecular flexibility index (Phi) is 36.1. The van der Waals surface area contributed by atoms with Gasteiger partial charge in [-0.25, -0.2) is 4.70 Å². The van der Waals surface area contributed by atoms with Gasteiger partial charge in [-0.05, 0) is 111 Å². The Morgan fingerprint density at radius 2 is 0.766 bits per heavy atom. The summed E-state index contributed by atoms with van der Waals surface area (Å²) in [6, 6.07) is 14.4. The Morgan fingerprint density at radius 1 is 0.406 bits per heavy atom. The second-order valence-corrected chi connectivity index (χ2v) is 20.6. The molecule has 2 aromatic carbocycles. The van der Waals surface area contributed by atoms with Crippen LogP contribution in [-0.2, 0) is 40.1 Å². The van der Waals surface area contributed by atoms with Gasteiger partial charge >= 0.3 is 51.9 Å². The molecule has 0 saturated carbocycles. The van der Waals surface area contributed by atoms with E-state index in [-0.39, 0.29) is 0 Å². The van der Waals surface area contributed by atoms with Gasteiger partial charge in [0.25, 0.3) is 0 Å². The van der Waals surface area contributed by atoms with Crippen molar-refractivity contribution in [3.63, 3.8) is 0 Å². The fourth-order valence-corrected chi connectivity index (χ4v) is 9.89. The van der Waals surface area contributed by atoms with Crippen molar-refractivity contribution in [1.29, 1.82) is 0 Å². The Labute approximate surface area is 405 Å². The summed E-state index contributed by atoms with van der Waals surface area (Å²) in [4.78, 5) is 0. The van der Waals surface area contributed by atoms with Crippen LogP contribution in [0.3, 0.4) is 0 Å². The van der Waals surface area contributed by atoms with Crippen LogP contribution >= 0.6 is 0 Å². The SMILES string of the molecule is CCCCCCCCCCCCCCCCCC=CC1=C(c2cc(CCCC)cc(CCCCCC)c2)[N+](=[N-])C(c2cc(CCCC)cc(CCCCCC)c2)=C1.CC[CH2][Ni][CH2]CC. The first-order valence-electron chi connectivity index (χ1n) is 27.8. The van der Waals surface area contributed by atoms with Crippen molar-refractivity contribution >= 4 is 11.4 Å². The van der Waals surface area contributed by atoms with Gasteiger partial charge in [0.2, 0.25) is 11.4 Å². The molecule has 0 aromatic heterocycles. The summed E-state index contributed by atoms with van der Waals surface area (Å²) >= 11 is 1.90. The molecule has 0 unspecified atom stereocenters. The van der Waals surface area contributed by atoms with Gasteiger partial charge in [-0.3, -0.25) is 0 Å². The molecule has 3 rings (SSSR count). The molecule has 64 heavy (non-hydrogen) atoms. The monoisotopic (exact) mass is 921 g/mol. The van der Waals surface area contributed by atoms with E-state index >= 15 is 0 Å². The standard InChI is InChI=1S/C55H88N2.2C3H7.Ni/c1-6-11-16-19-20-21-22-23-24-25-26-27-28-29-30-31-34-39-51-46-54(52-42-47(35-14-9-4)40-49(43-52)37-32-17-12-7-2)57(56)55(51)53-44-48(36-15-10-5)41-50(45-53)38-33-18-13-8-3;2*1-3-2;/h34,39-46H,6-33,35-38H2,1-5H3;2*1,3H2,2H3;. The molecular formula is C61H102N2Ni. The zero-order valence-electron chi connectivity index (χ0n) is 43.4. The van der Waals surface area contributed by atoms with E-state index < -0.39 is 0 Å². The number of benzene rings is 2. The second-order valence-electron chi connectivity index (χ2n) is 19.2. The number of hydrogen-bond acceptors (Lipinski definition) is 0. The molecule has 0 N–H and O–H groups in total. The molecule has 0 amide bonds. The van der Waals surface area contributed by atoms with Gasteiger partial charge in [0.05, 0.1) is 5.57 Å². The summed E-state index contributed by atoms with van der Waals surface area (Å²) < 4.78 is 1.55. The van der Waals surface area contributed by atoms with Crippen LogP contribution in [0.1, 0.15) is 274 Å². The molecule has 2 aromatic rings. The van der Waals surface area contributed by atoms with Gasteiger partial charge in [-0.2, -0.15) is 0 Å². The Bertz CT molecular complexity index is 1560. The molecule has 0 bridgehead atoms. The molecule has 0 radical (unpaired) electrons. The average molecular weight is 922 g/mol. The number of hydrogen-bond donors (Lipinski definition) is 0. The van der Waals surface area contributed by atoms with Crippen molar-refractivity contribution in [3.8, 4) is 0 Å². The Morgan fingerprint density at radius 3 is 1.17 bits per heavy atom. The van der Waals surface area contributed by atoms with Crippen molar-refractivity contribution < 1.29 is 19.1 Å². The van der Waals surface area contributed by atoms with E-state index in [4.69, 9.17) is 0 Å². The van der Waals surface area contributed by atoms with Crippen LogP contribution in [0.5, 0.6) is 0 Å². The maximum atomic E-state index is 12.3. The fraction of sp³-hybridized carbons (Fsp3) is 0.705. The predicted octanol–water partition coefficient (Wildman–Crippen LogP) is 21.0. The molecule has 0 aliphatic carbocycles. The van der Waals surface area contributed by atoms with Crippen LogP contribution in [0.4, 0.5) is 0 Å². The normalized spacial score (nSPS) is 12.8. The van der Waals surface area contributed by atoms with E-state index in [1.54, 1.807) is 4.70 Å². The van der Waals surface area contributed by atoms with Gasteiger partial charge in [-0.15, -0.1) is 0 Å². The fourth-order valence-electron chi connectivity index (χ4n) is 8.95.